The molecule has 0 aliphatic carbocycles. The van der Waals surface area contributed by atoms with Gasteiger partial charge in [0.1, 0.15) is 11.5 Å². The van der Waals surface area contributed by atoms with Gasteiger partial charge in [-0.05, 0) is 23.6 Å². The molecule has 19 heavy (non-hydrogen) atoms. The van der Waals surface area contributed by atoms with Gasteiger partial charge >= 0.3 is 0 Å². The van der Waals surface area contributed by atoms with Crippen molar-refractivity contribution in [3.63, 3.8) is 0 Å². The van der Waals surface area contributed by atoms with Gasteiger partial charge in [-0.15, -0.1) is 0 Å². The van der Waals surface area contributed by atoms with Crippen molar-refractivity contribution in [1.29, 1.82) is 0 Å². The van der Waals surface area contributed by atoms with Gasteiger partial charge in [0.05, 0.1) is 13.7 Å². The molecule has 1 rings (SSSR count). The van der Waals surface area contributed by atoms with Gasteiger partial charge in [0.15, 0.2) is 0 Å². The first-order chi connectivity index (χ1) is 8.69. The van der Waals surface area contributed by atoms with E-state index in [4.69, 9.17) is 15.2 Å². The van der Waals surface area contributed by atoms with Crippen molar-refractivity contribution in [3.05, 3.63) is 23.8 Å². The molecule has 108 valence electrons. The Bertz CT molecular complexity index is 419. The molecule has 1 aromatic rings. The number of methoxy groups -OCH3 is 1. The Kier molecular flexibility index (Phi) is 4.86. The quantitative estimate of drug-likeness (QED) is 0.888. The molecule has 2 N–H and O–H groups in total. The van der Waals surface area contributed by atoms with E-state index in [0.29, 0.717) is 13.2 Å². The van der Waals surface area contributed by atoms with Gasteiger partial charge in [-0.3, -0.25) is 0 Å². The molecular weight excluding hydrogens is 238 g/mol. The molecule has 0 bridgehead atoms. The molecule has 0 saturated heterocycles. The highest BCUT2D eigenvalue weighted by atomic mass is 16.5. The van der Waals surface area contributed by atoms with Gasteiger partial charge in [0.25, 0.3) is 0 Å². The molecule has 0 saturated carbocycles. The zero-order valence-electron chi connectivity index (χ0n) is 13.0. The second kappa shape index (κ2) is 5.83. The average Bonchev–Trinajstić information content (AvgIpc) is 2.35. The molecule has 3 heteroatoms. The van der Waals surface area contributed by atoms with Crippen molar-refractivity contribution in [2.45, 2.75) is 40.0 Å². The summed E-state index contributed by atoms with van der Waals surface area (Å²) in [5.41, 5.74) is 6.88. The SMILES string of the molecule is COc1ccc(OCC(C)(C)CN)c(C(C)(C)C)c1. The summed E-state index contributed by atoms with van der Waals surface area (Å²) < 4.78 is 11.3. The molecule has 0 radical (unpaired) electrons. The van der Waals surface area contributed by atoms with Crippen molar-refractivity contribution < 1.29 is 9.47 Å². The van der Waals surface area contributed by atoms with Crippen LogP contribution in [0.4, 0.5) is 0 Å². The van der Waals surface area contributed by atoms with Gasteiger partial charge in [0, 0.05) is 17.5 Å². The molecule has 3 nitrogen and oxygen atoms in total. The molecule has 0 spiro atoms. The van der Waals surface area contributed by atoms with Crippen LogP contribution in [-0.2, 0) is 5.41 Å². The van der Waals surface area contributed by atoms with Crippen molar-refractivity contribution in [2.75, 3.05) is 20.3 Å². The van der Waals surface area contributed by atoms with E-state index in [9.17, 15) is 0 Å². The summed E-state index contributed by atoms with van der Waals surface area (Å²) in [5, 5.41) is 0. The van der Waals surface area contributed by atoms with Crippen LogP contribution in [0.5, 0.6) is 11.5 Å². The maximum atomic E-state index is 5.98. The van der Waals surface area contributed by atoms with Crippen molar-refractivity contribution >= 4 is 0 Å². The van der Waals surface area contributed by atoms with Crippen LogP contribution in [-0.4, -0.2) is 20.3 Å². The third-order valence-corrected chi connectivity index (χ3v) is 3.17. The van der Waals surface area contributed by atoms with Crippen LogP contribution >= 0.6 is 0 Å². The topological polar surface area (TPSA) is 44.5 Å². The van der Waals surface area contributed by atoms with E-state index >= 15 is 0 Å². The number of nitrogens with two attached hydrogens (primary N) is 1. The third-order valence-electron chi connectivity index (χ3n) is 3.17. The molecule has 0 aliphatic rings. The summed E-state index contributed by atoms with van der Waals surface area (Å²) in [5.74, 6) is 1.77. The first-order valence-corrected chi connectivity index (χ1v) is 6.71. The molecular formula is C16H27NO2. The maximum absolute atomic E-state index is 5.98. The van der Waals surface area contributed by atoms with E-state index in [1.54, 1.807) is 7.11 Å². The second-order valence-corrected chi connectivity index (χ2v) is 6.77. The minimum atomic E-state index is -0.0188. The van der Waals surface area contributed by atoms with E-state index in [-0.39, 0.29) is 10.8 Å². The minimum Gasteiger partial charge on any atom is -0.497 e. The van der Waals surface area contributed by atoms with Crippen LogP contribution in [0.1, 0.15) is 40.2 Å². The van der Waals surface area contributed by atoms with Crippen molar-refractivity contribution in [1.82, 2.24) is 0 Å². The number of hydrogen-bond donors (Lipinski definition) is 1. The molecule has 0 unspecified atom stereocenters. The van der Waals surface area contributed by atoms with Crippen LogP contribution in [0, 0.1) is 5.41 Å². The number of hydrogen-bond acceptors (Lipinski definition) is 3. The highest BCUT2D eigenvalue weighted by Gasteiger charge is 2.22. The van der Waals surface area contributed by atoms with E-state index in [0.717, 1.165) is 17.1 Å². The largest absolute Gasteiger partial charge is 0.497 e. The van der Waals surface area contributed by atoms with Crippen molar-refractivity contribution in [2.24, 2.45) is 11.1 Å². The standard InChI is InChI=1S/C16H27NO2/c1-15(2,3)13-9-12(18-6)7-8-14(13)19-11-16(4,5)10-17/h7-9H,10-11,17H2,1-6H3. The normalized spacial score (nSPS) is 12.4. The molecule has 0 amide bonds. The van der Waals surface area contributed by atoms with E-state index < -0.39 is 0 Å². The first-order valence-electron chi connectivity index (χ1n) is 6.71. The summed E-state index contributed by atoms with van der Waals surface area (Å²) >= 11 is 0. The Morgan fingerprint density at radius 1 is 1.11 bits per heavy atom. The van der Waals surface area contributed by atoms with Crippen LogP contribution in [0.25, 0.3) is 0 Å². The maximum Gasteiger partial charge on any atom is 0.123 e. The predicted octanol–water partition coefficient (Wildman–Crippen LogP) is 3.36. The van der Waals surface area contributed by atoms with E-state index in [1.807, 2.05) is 18.2 Å². The van der Waals surface area contributed by atoms with Crippen LogP contribution in [0.15, 0.2) is 18.2 Å². The summed E-state index contributed by atoms with van der Waals surface area (Å²) in [6, 6.07) is 5.96. The van der Waals surface area contributed by atoms with Crippen LogP contribution in [0.2, 0.25) is 0 Å². The fraction of sp³-hybridized carbons (Fsp3) is 0.625. The lowest BCUT2D eigenvalue weighted by Gasteiger charge is -2.27. The van der Waals surface area contributed by atoms with Crippen LogP contribution in [0.3, 0.4) is 0 Å². The Hall–Kier alpha value is -1.22. The molecule has 0 aliphatic heterocycles. The highest BCUT2D eigenvalue weighted by molar-refractivity contribution is 5.44. The molecule has 0 heterocycles. The molecule has 0 fully saturated rings. The van der Waals surface area contributed by atoms with Gasteiger partial charge in [-0.1, -0.05) is 34.6 Å². The summed E-state index contributed by atoms with van der Waals surface area (Å²) in [6.07, 6.45) is 0. The lowest BCUT2D eigenvalue weighted by atomic mass is 9.86. The van der Waals surface area contributed by atoms with E-state index in [2.05, 4.69) is 34.6 Å². The number of ether oxygens (including phenoxy) is 2. The van der Waals surface area contributed by atoms with Crippen LogP contribution < -0.4 is 15.2 Å². The lowest BCUT2D eigenvalue weighted by Crippen LogP contribution is -2.30. The van der Waals surface area contributed by atoms with Gasteiger partial charge in [-0.2, -0.15) is 0 Å². The lowest BCUT2D eigenvalue weighted by molar-refractivity contribution is 0.184. The van der Waals surface area contributed by atoms with Gasteiger partial charge in [-0.25, -0.2) is 0 Å². The second-order valence-electron chi connectivity index (χ2n) is 6.77. The zero-order chi connectivity index (χ0) is 14.7. The first kappa shape index (κ1) is 15.8. The summed E-state index contributed by atoms with van der Waals surface area (Å²) in [4.78, 5) is 0. The zero-order valence-corrected chi connectivity index (χ0v) is 13.0. The minimum absolute atomic E-state index is 0.0106. The van der Waals surface area contributed by atoms with E-state index in [1.165, 1.54) is 0 Å². The molecule has 1 aromatic carbocycles. The molecule has 0 aromatic heterocycles. The Balaban J connectivity index is 3.00. The Morgan fingerprint density at radius 3 is 2.21 bits per heavy atom. The predicted molar refractivity (Wildman–Crippen MR) is 80.0 cm³/mol. The highest BCUT2D eigenvalue weighted by Crippen LogP contribution is 2.35. The number of benzene rings is 1. The monoisotopic (exact) mass is 265 g/mol. The summed E-state index contributed by atoms with van der Waals surface area (Å²) in [6.45, 7) is 11.9. The smallest absolute Gasteiger partial charge is 0.123 e. The number of rotatable bonds is 5. The van der Waals surface area contributed by atoms with Gasteiger partial charge in [0.2, 0.25) is 0 Å². The fourth-order valence-electron chi connectivity index (χ4n) is 1.68. The third kappa shape index (κ3) is 4.43. The van der Waals surface area contributed by atoms with Crippen molar-refractivity contribution in [3.8, 4) is 11.5 Å². The summed E-state index contributed by atoms with van der Waals surface area (Å²) in [7, 11) is 1.68. The van der Waals surface area contributed by atoms with Gasteiger partial charge < -0.3 is 15.2 Å². The Labute approximate surface area is 117 Å². The average molecular weight is 265 g/mol. The Morgan fingerprint density at radius 2 is 1.74 bits per heavy atom. The fourth-order valence-corrected chi connectivity index (χ4v) is 1.68. The molecule has 0 atom stereocenters.